The SMILES string of the molecule is CN(C)c1ccc(NC(=O)c2ccc(NC(=O)C3CC(=O)N(c4ccccc4)C3)cc2)cc1. The van der Waals surface area contributed by atoms with E-state index in [-0.39, 0.29) is 24.1 Å². The van der Waals surface area contributed by atoms with Crippen molar-refractivity contribution in [3.05, 3.63) is 84.4 Å². The Balaban J connectivity index is 1.34. The lowest BCUT2D eigenvalue weighted by molar-refractivity contribution is -0.122. The average molecular weight is 443 g/mol. The van der Waals surface area contributed by atoms with Crippen LogP contribution in [-0.4, -0.2) is 38.4 Å². The molecule has 1 saturated heterocycles. The van der Waals surface area contributed by atoms with Gasteiger partial charge in [0.05, 0.1) is 5.92 Å². The largest absolute Gasteiger partial charge is 0.378 e. The summed E-state index contributed by atoms with van der Waals surface area (Å²) in [6, 6.07) is 23.6. The van der Waals surface area contributed by atoms with E-state index < -0.39 is 5.92 Å². The molecule has 7 heteroatoms. The maximum absolute atomic E-state index is 12.7. The number of carbonyl (C=O) groups is 3. The number of hydrogen-bond acceptors (Lipinski definition) is 4. The van der Waals surface area contributed by atoms with Gasteiger partial charge in [0, 0.05) is 55.4 Å². The number of nitrogens with zero attached hydrogens (tertiary/aromatic N) is 2. The molecule has 4 rings (SSSR count). The van der Waals surface area contributed by atoms with Gasteiger partial charge in [-0.1, -0.05) is 18.2 Å². The molecule has 3 amide bonds. The van der Waals surface area contributed by atoms with Crippen LogP contribution in [0.1, 0.15) is 16.8 Å². The van der Waals surface area contributed by atoms with Crippen LogP contribution in [0.5, 0.6) is 0 Å². The highest BCUT2D eigenvalue weighted by atomic mass is 16.2. The molecule has 2 N–H and O–H groups in total. The highest BCUT2D eigenvalue weighted by Gasteiger charge is 2.35. The zero-order chi connectivity index (χ0) is 23.4. The van der Waals surface area contributed by atoms with Gasteiger partial charge in [-0.25, -0.2) is 0 Å². The summed E-state index contributed by atoms with van der Waals surface area (Å²) >= 11 is 0. The van der Waals surface area contributed by atoms with Crippen LogP contribution in [0.15, 0.2) is 78.9 Å². The van der Waals surface area contributed by atoms with Gasteiger partial charge in [0.1, 0.15) is 0 Å². The highest BCUT2D eigenvalue weighted by Crippen LogP contribution is 2.26. The zero-order valence-corrected chi connectivity index (χ0v) is 18.6. The molecule has 0 bridgehead atoms. The van der Waals surface area contributed by atoms with Crippen LogP contribution < -0.4 is 20.4 Å². The van der Waals surface area contributed by atoms with Crippen LogP contribution in [-0.2, 0) is 9.59 Å². The van der Waals surface area contributed by atoms with Gasteiger partial charge < -0.3 is 20.4 Å². The van der Waals surface area contributed by atoms with Crippen molar-refractivity contribution in [2.24, 2.45) is 5.92 Å². The summed E-state index contributed by atoms with van der Waals surface area (Å²) in [5.41, 5.74) is 3.61. The van der Waals surface area contributed by atoms with Crippen LogP contribution in [0.3, 0.4) is 0 Å². The van der Waals surface area contributed by atoms with Crippen molar-refractivity contribution in [2.75, 3.05) is 41.1 Å². The summed E-state index contributed by atoms with van der Waals surface area (Å²) in [6.07, 6.45) is 0.174. The summed E-state index contributed by atoms with van der Waals surface area (Å²) < 4.78 is 0. The third kappa shape index (κ3) is 5.20. The van der Waals surface area contributed by atoms with Crippen molar-refractivity contribution in [2.45, 2.75) is 6.42 Å². The molecule has 1 atom stereocenters. The van der Waals surface area contributed by atoms with E-state index in [0.29, 0.717) is 23.5 Å². The molecule has 168 valence electrons. The Morgan fingerprint density at radius 3 is 2.09 bits per heavy atom. The maximum Gasteiger partial charge on any atom is 0.255 e. The minimum atomic E-state index is -0.425. The fourth-order valence-electron chi connectivity index (χ4n) is 3.74. The van der Waals surface area contributed by atoms with Crippen molar-refractivity contribution in [3.63, 3.8) is 0 Å². The summed E-state index contributed by atoms with van der Waals surface area (Å²) in [5, 5.41) is 5.72. The fraction of sp³-hybridized carbons (Fsp3) is 0.192. The Hall–Kier alpha value is -4.13. The number of benzene rings is 3. The third-order valence-corrected chi connectivity index (χ3v) is 5.62. The number of para-hydroxylation sites is 1. The summed E-state index contributed by atoms with van der Waals surface area (Å²) in [7, 11) is 3.91. The lowest BCUT2D eigenvalue weighted by Crippen LogP contribution is -2.28. The third-order valence-electron chi connectivity index (χ3n) is 5.62. The minimum Gasteiger partial charge on any atom is -0.378 e. The van der Waals surface area contributed by atoms with E-state index in [1.165, 1.54) is 0 Å². The molecule has 1 fully saturated rings. The number of carbonyl (C=O) groups excluding carboxylic acids is 3. The van der Waals surface area contributed by atoms with E-state index in [0.717, 1.165) is 11.4 Å². The van der Waals surface area contributed by atoms with Gasteiger partial charge in [-0.2, -0.15) is 0 Å². The van der Waals surface area contributed by atoms with E-state index in [9.17, 15) is 14.4 Å². The number of hydrogen-bond donors (Lipinski definition) is 2. The summed E-state index contributed by atoms with van der Waals surface area (Å²) in [5.74, 6) is -0.928. The van der Waals surface area contributed by atoms with E-state index in [1.807, 2.05) is 73.6 Å². The van der Waals surface area contributed by atoms with E-state index in [1.54, 1.807) is 29.2 Å². The Kier molecular flexibility index (Phi) is 6.40. The van der Waals surface area contributed by atoms with E-state index in [4.69, 9.17) is 0 Å². The lowest BCUT2D eigenvalue weighted by Gasteiger charge is -2.16. The average Bonchev–Trinajstić information content (AvgIpc) is 3.22. The van der Waals surface area contributed by atoms with Gasteiger partial charge in [0.2, 0.25) is 11.8 Å². The predicted molar refractivity (Wildman–Crippen MR) is 131 cm³/mol. The van der Waals surface area contributed by atoms with Crippen molar-refractivity contribution in [1.82, 2.24) is 0 Å². The molecule has 1 aliphatic heterocycles. The molecule has 0 aliphatic carbocycles. The topological polar surface area (TPSA) is 81.8 Å². The molecule has 3 aromatic rings. The Morgan fingerprint density at radius 1 is 0.848 bits per heavy atom. The van der Waals surface area contributed by atoms with Crippen LogP contribution in [0.2, 0.25) is 0 Å². The van der Waals surface area contributed by atoms with Gasteiger partial charge in [-0.15, -0.1) is 0 Å². The molecule has 0 spiro atoms. The van der Waals surface area contributed by atoms with Gasteiger partial charge >= 0.3 is 0 Å². The Morgan fingerprint density at radius 2 is 1.45 bits per heavy atom. The molecule has 0 aromatic heterocycles. The van der Waals surface area contributed by atoms with Gasteiger partial charge in [-0.3, -0.25) is 14.4 Å². The van der Waals surface area contributed by atoms with Crippen LogP contribution >= 0.6 is 0 Å². The molecular weight excluding hydrogens is 416 g/mol. The Bertz CT molecular complexity index is 1140. The van der Waals surface area contributed by atoms with Crippen molar-refractivity contribution >= 4 is 40.5 Å². The molecule has 1 unspecified atom stereocenters. The maximum atomic E-state index is 12.7. The second-order valence-electron chi connectivity index (χ2n) is 8.20. The van der Waals surface area contributed by atoms with Crippen molar-refractivity contribution < 1.29 is 14.4 Å². The van der Waals surface area contributed by atoms with Crippen LogP contribution in [0.4, 0.5) is 22.7 Å². The highest BCUT2D eigenvalue weighted by molar-refractivity contribution is 6.05. The molecule has 33 heavy (non-hydrogen) atoms. The monoisotopic (exact) mass is 442 g/mol. The second kappa shape index (κ2) is 9.56. The first-order valence-corrected chi connectivity index (χ1v) is 10.8. The van der Waals surface area contributed by atoms with E-state index >= 15 is 0 Å². The minimum absolute atomic E-state index is 0.0630. The molecule has 0 radical (unpaired) electrons. The molecule has 0 saturated carbocycles. The standard InChI is InChI=1S/C26H26N4O3/c1-29(2)22-14-12-21(13-15-22)27-25(32)18-8-10-20(11-9-18)28-26(33)19-16-24(31)30(17-19)23-6-4-3-5-7-23/h3-15,19H,16-17H2,1-2H3,(H,27,32)(H,28,33). The van der Waals surface area contributed by atoms with Gasteiger partial charge in [0.25, 0.3) is 5.91 Å². The first-order valence-electron chi connectivity index (χ1n) is 10.8. The molecular formula is C26H26N4O3. The summed E-state index contributed by atoms with van der Waals surface area (Å²) in [4.78, 5) is 41.2. The van der Waals surface area contributed by atoms with Crippen LogP contribution in [0.25, 0.3) is 0 Å². The van der Waals surface area contributed by atoms with Gasteiger partial charge in [-0.05, 0) is 60.7 Å². The quantitative estimate of drug-likeness (QED) is 0.605. The number of rotatable bonds is 6. The fourth-order valence-corrected chi connectivity index (χ4v) is 3.74. The second-order valence-corrected chi connectivity index (χ2v) is 8.20. The first-order chi connectivity index (χ1) is 15.9. The number of amides is 3. The molecule has 1 aliphatic rings. The van der Waals surface area contributed by atoms with E-state index in [2.05, 4.69) is 10.6 Å². The first kappa shape index (κ1) is 22.1. The molecule has 7 nitrogen and oxygen atoms in total. The van der Waals surface area contributed by atoms with Crippen molar-refractivity contribution in [1.29, 1.82) is 0 Å². The molecule has 1 heterocycles. The predicted octanol–water partition coefficient (Wildman–Crippen LogP) is 4.00. The van der Waals surface area contributed by atoms with Crippen molar-refractivity contribution in [3.8, 4) is 0 Å². The normalized spacial score (nSPS) is 15.3. The van der Waals surface area contributed by atoms with Crippen LogP contribution in [0, 0.1) is 5.92 Å². The summed E-state index contributed by atoms with van der Waals surface area (Å²) in [6.45, 7) is 0.349. The number of nitrogens with one attached hydrogen (secondary N) is 2. The van der Waals surface area contributed by atoms with Gasteiger partial charge in [0.15, 0.2) is 0 Å². The number of anilines is 4. The molecule has 3 aromatic carbocycles. The zero-order valence-electron chi connectivity index (χ0n) is 18.6. The smallest absolute Gasteiger partial charge is 0.255 e. The Labute approximate surface area is 193 Å². The lowest BCUT2D eigenvalue weighted by atomic mass is 10.1.